The molecule has 0 aromatic carbocycles. The second-order valence-corrected chi connectivity index (χ2v) is 8.37. The molecule has 0 saturated carbocycles. The Morgan fingerprint density at radius 3 is 2.59 bits per heavy atom. The lowest BCUT2D eigenvalue weighted by Gasteiger charge is -2.01. The molecule has 0 unspecified atom stereocenters. The fourth-order valence-corrected chi connectivity index (χ4v) is 4.51. The van der Waals surface area contributed by atoms with Gasteiger partial charge in [0.25, 0.3) is 10.0 Å². The van der Waals surface area contributed by atoms with Gasteiger partial charge >= 0.3 is 0 Å². The fourth-order valence-electron chi connectivity index (χ4n) is 1.05. The zero-order valence-corrected chi connectivity index (χ0v) is 12.1. The Kier molecular flexibility index (Phi) is 4.06. The van der Waals surface area contributed by atoms with Crippen molar-refractivity contribution >= 4 is 55.9 Å². The Bertz CT molecular complexity index is 620. The van der Waals surface area contributed by atoms with Crippen LogP contribution < -0.4 is 4.72 Å². The average Bonchev–Trinajstić information content (AvgIpc) is 2.85. The van der Waals surface area contributed by atoms with Gasteiger partial charge in [-0.1, -0.05) is 34.5 Å². The van der Waals surface area contributed by atoms with Crippen molar-refractivity contribution in [2.24, 2.45) is 0 Å². The van der Waals surface area contributed by atoms with Crippen LogP contribution >= 0.6 is 45.9 Å². The monoisotopic (exact) mass is 328 g/mol. The molecule has 0 fully saturated rings. The van der Waals surface area contributed by atoms with E-state index in [1.54, 1.807) is 12.1 Å². The number of rotatable bonds is 4. The third-order valence-electron chi connectivity index (χ3n) is 1.79. The van der Waals surface area contributed by atoms with Crippen molar-refractivity contribution in [2.75, 3.05) is 0 Å². The summed E-state index contributed by atoms with van der Waals surface area (Å²) in [6.07, 6.45) is 1.23. The molecule has 0 aliphatic rings. The molecule has 0 bridgehead atoms. The molecule has 1 N–H and O–H groups in total. The largest absolute Gasteiger partial charge is 0.252 e. The highest BCUT2D eigenvalue weighted by molar-refractivity contribution is 7.91. The summed E-state index contributed by atoms with van der Waals surface area (Å²) in [7, 11) is -3.54. The number of nitrogens with one attached hydrogen (secondary N) is 1. The SMILES string of the molecule is O=S(=O)(NCc1ccc(Cl)s1)c1cnc(Cl)s1. The first kappa shape index (κ1) is 13.3. The molecule has 2 aromatic rings. The fraction of sp³-hybridized carbons (Fsp3) is 0.125. The minimum atomic E-state index is -3.54. The van der Waals surface area contributed by atoms with Gasteiger partial charge in [0.05, 0.1) is 10.5 Å². The molecule has 0 aliphatic heterocycles. The van der Waals surface area contributed by atoms with Gasteiger partial charge in [0.1, 0.15) is 0 Å². The summed E-state index contributed by atoms with van der Waals surface area (Å²) in [6, 6.07) is 3.49. The number of halogens is 2. The van der Waals surface area contributed by atoms with Crippen molar-refractivity contribution in [1.29, 1.82) is 0 Å². The maximum absolute atomic E-state index is 11.8. The first-order valence-corrected chi connectivity index (χ1v) is 8.20. The van der Waals surface area contributed by atoms with Crippen LogP contribution in [0.3, 0.4) is 0 Å². The summed E-state index contributed by atoms with van der Waals surface area (Å²) in [5.41, 5.74) is 0. The summed E-state index contributed by atoms with van der Waals surface area (Å²) < 4.78 is 27.0. The summed E-state index contributed by atoms with van der Waals surface area (Å²) in [5, 5.41) is 0. The zero-order valence-electron chi connectivity index (χ0n) is 8.18. The molecule has 9 heteroatoms. The molecule has 2 rings (SSSR count). The van der Waals surface area contributed by atoms with E-state index in [1.165, 1.54) is 17.5 Å². The normalized spacial score (nSPS) is 11.9. The first-order valence-electron chi connectivity index (χ1n) is 4.32. The number of nitrogens with zero attached hydrogens (tertiary/aromatic N) is 1. The Labute approximate surface area is 116 Å². The van der Waals surface area contributed by atoms with Gasteiger partial charge < -0.3 is 0 Å². The van der Waals surface area contributed by atoms with Crippen LogP contribution in [0.4, 0.5) is 0 Å². The molecular weight excluding hydrogens is 323 g/mol. The standard InChI is InChI=1S/C8H6Cl2N2O2S3/c9-6-2-1-5(15-6)3-12-17(13,14)7-4-11-8(10)16-7/h1-2,4,12H,3H2. The topological polar surface area (TPSA) is 59.1 Å². The van der Waals surface area contributed by atoms with Gasteiger partial charge in [0.2, 0.25) is 0 Å². The minimum absolute atomic E-state index is 0.102. The van der Waals surface area contributed by atoms with Crippen molar-refractivity contribution < 1.29 is 8.42 Å². The molecular formula is C8H6Cl2N2O2S3. The molecule has 0 saturated heterocycles. The maximum atomic E-state index is 11.8. The van der Waals surface area contributed by atoms with Gasteiger partial charge in [-0.15, -0.1) is 11.3 Å². The molecule has 17 heavy (non-hydrogen) atoms. The quantitative estimate of drug-likeness (QED) is 0.938. The summed E-state index contributed by atoms with van der Waals surface area (Å²) in [6.45, 7) is 0.204. The van der Waals surface area contributed by atoms with Crippen LogP contribution in [-0.2, 0) is 16.6 Å². The summed E-state index contributed by atoms with van der Waals surface area (Å²) >= 11 is 13.6. The zero-order chi connectivity index (χ0) is 12.5. The highest BCUT2D eigenvalue weighted by atomic mass is 35.5. The molecule has 92 valence electrons. The number of thiophene rings is 1. The third kappa shape index (κ3) is 3.40. The lowest BCUT2D eigenvalue weighted by Crippen LogP contribution is -2.21. The van der Waals surface area contributed by atoms with Crippen LogP contribution in [0.15, 0.2) is 22.5 Å². The highest BCUT2D eigenvalue weighted by Crippen LogP contribution is 2.24. The molecule has 0 spiro atoms. The second-order valence-electron chi connectivity index (χ2n) is 2.96. The lowest BCUT2D eigenvalue weighted by atomic mass is 10.5. The van der Waals surface area contributed by atoms with Crippen LogP contribution in [0.25, 0.3) is 0 Å². The van der Waals surface area contributed by atoms with Crippen LogP contribution in [-0.4, -0.2) is 13.4 Å². The third-order valence-corrected chi connectivity index (χ3v) is 5.99. The predicted octanol–water partition coefficient (Wildman–Crippen LogP) is 2.99. The van der Waals surface area contributed by atoms with Gasteiger partial charge in [-0.25, -0.2) is 18.1 Å². The predicted molar refractivity (Wildman–Crippen MR) is 70.5 cm³/mol. The number of hydrogen-bond acceptors (Lipinski definition) is 5. The van der Waals surface area contributed by atoms with Gasteiger partial charge in [0.15, 0.2) is 8.68 Å². The average molecular weight is 329 g/mol. The van der Waals surface area contributed by atoms with E-state index in [1.807, 2.05) is 0 Å². The van der Waals surface area contributed by atoms with E-state index in [4.69, 9.17) is 23.2 Å². The van der Waals surface area contributed by atoms with Crippen molar-refractivity contribution in [3.63, 3.8) is 0 Å². The van der Waals surface area contributed by atoms with Crippen LogP contribution in [0.2, 0.25) is 8.80 Å². The highest BCUT2D eigenvalue weighted by Gasteiger charge is 2.17. The smallest absolute Gasteiger partial charge is 0.232 e. The molecule has 4 nitrogen and oxygen atoms in total. The van der Waals surface area contributed by atoms with E-state index in [0.29, 0.717) is 4.34 Å². The first-order chi connectivity index (χ1) is 7.97. The number of thiazole rings is 1. The maximum Gasteiger partial charge on any atom is 0.252 e. The van der Waals surface area contributed by atoms with Crippen LogP contribution in [0, 0.1) is 0 Å². The van der Waals surface area contributed by atoms with E-state index in [9.17, 15) is 8.42 Å². The van der Waals surface area contributed by atoms with Gasteiger partial charge in [0, 0.05) is 11.4 Å². The van der Waals surface area contributed by atoms with Gasteiger partial charge in [-0.2, -0.15) is 0 Å². The molecule has 2 aromatic heterocycles. The Hall–Kier alpha value is -0.180. The number of aromatic nitrogens is 1. The lowest BCUT2D eigenvalue weighted by molar-refractivity contribution is 0.584. The van der Waals surface area contributed by atoms with Crippen molar-refractivity contribution in [3.05, 3.63) is 32.0 Å². The van der Waals surface area contributed by atoms with Crippen LogP contribution in [0.5, 0.6) is 0 Å². The van der Waals surface area contributed by atoms with E-state index in [2.05, 4.69) is 9.71 Å². The Balaban J connectivity index is 2.08. The molecule has 0 amide bonds. The Morgan fingerprint density at radius 2 is 2.06 bits per heavy atom. The minimum Gasteiger partial charge on any atom is -0.232 e. The summed E-state index contributed by atoms with van der Waals surface area (Å²) in [4.78, 5) is 4.53. The van der Waals surface area contributed by atoms with Crippen molar-refractivity contribution in [1.82, 2.24) is 9.71 Å². The van der Waals surface area contributed by atoms with Gasteiger partial charge in [-0.05, 0) is 12.1 Å². The van der Waals surface area contributed by atoms with E-state index >= 15 is 0 Å². The Morgan fingerprint density at radius 1 is 1.29 bits per heavy atom. The second kappa shape index (κ2) is 5.21. The molecule has 0 atom stereocenters. The number of hydrogen-bond donors (Lipinski definition) is 1. The van der Waals surface area contributed by atoms with Crippen molar-refractivity contribution in [3.8, 4) is 0 Å². The van der Waals surface area contributed by atoms with Gasteiger partial charge in [-0.3, -0.25) is 0 Å². The van der Waals surface area contributed by atoms with E-state index in [0.717, 1.165) is 16.2 Å². The van der Waals surface area contributed by atoms with E-state index in [-0.39, 0.29) is 15.2 Å². The van der Waals surface area contributed by atoms with Crippen molar-refractivity contribution in [2.45, 2.75) is 10.8 Å². The number of sulfonamides is 1. The molecule has 2 heterocycles. The summed E-state index contributed by atoms with van der Waals surface area (Å²) in [5.74, 6) is 0. The molecule has 0 aliphatic carbocycles. The van der Waals surface area contributed by atoms with E-state index < -0.39 is 10.0 Å². The van der Waals surface area contributed by atoms with Crippen LogP contribution in [0.1, 0.15) is 4.88 Å². The molecule has 0 radical (unpaired) electrons.